The Bertz CT molecular complexity index is 875. The summed E-state index contributed by atoms with van der Waals surface area (Å²) < 4.78 is 14.0. The maximum absolute atomic E-state index is 13.7. The van der Waals surface area contributed by atoms with Crippen LogP contribution in [0.2, 0.25) is 0 Å². The summed E-state index contributed by atoms with van der Waals surface area (Å²) in [6.45, 7) is 3.99. The zero-order valence-corrected chi connectivity index (χ0v) is 16.8. The summed E-state index contributed by atoms with van der Waals surface area (Å²) in [4.78, 5) is 26.9. The monoisotopic (exact) mass is 436 g/mol. The summed E-state index contributed by atoms with van der Waals surface area (Å²) in [5, 5.41) is 2.88. The van der Waals surface area contributed by atoms with E-state index in [2.05, 4.69) is 21.2 Å². The van der Waals surface area contributed by atoms with Crippen molar-refractivity contribution in [3.8, 4) is 0 Å². The average Bonchev–Trinajstić information content (AvgIpc) is 3.10. The maximum Gasteiger partial charge on any atom is 0.255 e. The minimum atomic E-state index is -0.583. The average molecular weight is 437 g/mol. The van der Waals surface area contributed by atoms with Crippen molar-refractivity contribution in [2.75, 3.05) is 16.9 Å². The fourth-order valence-corrected chi connectivity index (χ4v) is 4.10. The topological polar surface area (TPSA) is 49.4 Å². The van der Waals surface area contributed by atoms with Gasteiger partial charge in [0.1, 0.15) is 11.9 Å². The molecule has 3 rings (SSSR count). The van der Waals surface area contributed by atoms with E-state index < -0.39 is 11.9 Å². The molecular weight excluding hydrogens is 419 g/mol. The molecule has 26 heavy (non-hydrogen) atoms. The lowest BCUT2D eigenvalue weighted by Gasteiger charge is -2.23. The Morgan fingerprint density at radius 1 is 1.19 bits per heavy atom. The van der Waals surface area contributed by atoms with E-state index in [9.17, 15) is 14.0 Å². The van der Waals surface area contributed by atoms with E-state index in [-0.39, 0.29) is 17.4 Å². The number of thioether (sulfide) groups is 1. The van der Waals surface area contributed by atoms with E-state index in [1.165, 1.54) is 28.8 Å². The number of nitrogens with one attached hydrogen (secondary N) is 1. The molecule has 1 atom stereocenters. The first-order valence-corrected chi connectivity index (χ1v) is 10.0. The van der Waals surface area contributed by atoms with Gasteiger partial charge in [-0.15, -0.1) is 11.8 Å². The predicted molar refractivity (Wildman–Crippen MR) is 106 cm³/mol. The van der Waals surface area contributed by atoms with Gasteiger partial charge in [0, 0.05) is 17.0 Å². The van der Waals surface area contributed by atoms with Crippen molar-refractivity contribution in [3.05, 3.63) is 63.4 Å². The molecule has 0 radical (unpaired) electrons. The molecule has 1 unspecified atom stereocenters. The fourth-order valence-electron chi connectivity index (χ4n) is 2.70. The Kier molecular flexibility index (Phi) is 5.67. The van der Waals surface area contributed by atoms with Gasteiger partial charge in [-0.05, 0) is 71.2 Å². The molecule has 2 aromatic carbocycles. The molecule has 0 bridgehead atoms. The van der Waals surface area contributed by atoms with E-state index in [1.54, 1.807) is 6.07 Å². The molecule has 1 aliphatic heterocycles. The third-order valence-electron chi connectivity index (χ3n) is 4.39. The number of aryl methyl sites for hydroxylation is 2. The molecule has 0 saturated carbocycles. The number of carbonyl (C=O) groups excluding carboxylic acids is 2. The number of rotatable bonds is 3. The van der Waals surface area contributed by atoms with Gasteiger partial charge in [-0.1, -0.05) is 6.07 Å². The molecule has 1 saturated heterocycles. The summed E-state index contributed by atoms with van der Waals surface area (Å²) in [5.74, 6) is -0.159. The first-order chi connectivity index (χ1) is 12.4. The Labute approximate surface area is 164 Å². The molecule has 1 aliphatic rings. The highest BCUT2D eigenvalue weighted by Gasteiger charge is 2.35. The normalized spacial score (nSPS) is 16.6. The number of benzene rings is 2. The van der Waals surface area contributed by atoms with E-state index in [4.69, 9.17) is 0 Å². The summed E-state index contributed by atoms with van der Waals surface area (Å²) in [6, 6.07) is 9.35. The first kappa shape index (κ1) is 18.9. The zero-order chi connectivity index (χ0) is 18.8. The number of carbonyl (C=O) groups is 2. The van der Waals surface area contributed by atoms with Crippen LogP contribution in [0.4, 0.5) is 10.1 Å². The lowest BCUT2D eigenvalue weighted by Crippen LogP contribution is -2.44. The number of anilines is 1. The second-order valence-electron chi connectivity index (χ2n) is 6.21. The smallest absolute Gasteiger partial charge is 0.255 e. The van der Waals surface area contributed by atoms with E-state index in [1.807, 2.05) is 32.0 Å². The van der Waals surface area contributed by atoms with Crippen LogP contribution in [0.5, 0.6) is 0 Å². The fraction of sp³-hybridized carbons (Fsp3) is 0.263. The highest BCUT2D eigenvalue weighted by Crippen LogP contribution is 2.26. The van der Waals surface area contributed by atoms with Crippen molar-refractivity contribution in [2.24, 2.45) is 0 Å². The molecule has 1 N–H and O–H groups in total. The number of amides is 2. The van der Waals surface area contributed by atoms with Crippen LogP contribution in [0.25, 0.3) is 0 Å². The van der Waals surface area contributed by atoms with Gasteiger partial charge in [0.2, 0.25) is 5.91 Å². The molecule has 1 heterocycles. The second-order valence-corrected chi connectivity index (χ2v) is 8.06. The van der Waals surface area contributed by atoms with Crippen LogP contribution in [0, 0.1) is 19.7 Å². The van der Waals surface area contributed by atoms with Gasteiger partial charge in [0.25, 0.3) is 5.91 Å². The molecule has 4 nitrogen and oxygen atoms in total. The lowest BCUT2D eigenvalue weighted by atomic mass is 10.1. The van der Waals surface area contributed by atoms with Gasteiger partial charge in [0.15, 0.2) is 0 Å². The Morgan fingerprint density at radius 3 is 2.65 bits per heavy atom. The van der Waals surface area contributed by atoms with Crippen LogP contribution in [-0.2, 0) is 4.79 Å². The molecule has 2 aromatic rings. The first-order valence-electron chi connectivity index (χ1n) is 8.08. The van der Waals surface area contributed by atoms with Crippen LogP contribution in [-0.4, -0.2) is 34.4 Å². The summed E-state index contributed by atoms with van der Waals surface area (Å²) in [7, 11) is 0. The van der Waals surface area contributed by atoms with Crippen molar-refractivity contribution >= 4 is 45.2 Å². The molecular formula is C19H18BrFN2O2S. The van der Waals surface area contributed by atoms with Gasteiger partial charge < -0.3 is 10.2 Å². The highest BCUT2D eigenvalue weighted by molar-refractivity contribution is 9.10. The number of hydrogen-bond acceptors (Lipinski definition) is 3. The molecule has 1 fully saturated rings. The zero-order valence-electron chi connectivity index (χ0n) is 14.4. The van der Waals surface area contributed by atoms with Gasteiger partial charge in [-0.2, -0.15) is 0 Å². The Hall–Kier alpha value is -1.86. The predicted octanol–water partition coefficient (Wildman–Crippen LogP) is 4.36. The van der Waals surface area contributed by atoms with Crippen molar-refractivity contribution in [2.45, 2.75) is 19.9 Å². The Morgan fingerprint density at radius 2 is 1.96 bits per heavy atom. The number of nitrogens with zero attached hydrogens (tertiary/aromatic N) is 1. The third-order valence-corrected chi connectivity index (χ3v) is 6.04. The summed E-state index contributed by atoms with van der Waals surface area (Å²) in [5.41, 5.74) is 3.17. The molecule has 0 spiro atoms. The van der Waals surface area contributed by atoms with Crippen LogP contribution in [0.15, 0.2) is 40.9 Å². The maximum atomic E-state index is 13.7. The van der Waals surface area contributed by atoms with Gasteiger partial charge in [-0.25, -0.2) is 4.39 Å². The molecule has 0 aliphatic carbocycles. The van der Waals surface area contributed by atoms with Crippen molar-refractivity contribution in [3.63, 3.8) is 0 Å². The molecule has 2 amide bonds. The van der Waals surface area contributed by atoms with Crippen LogP contribution < -0.4 is 5.32 Å². The van der Waals surface area contributed by atoms with Crippen LogP contribution >= 0.6 is 27.7 Å². The van der Waals surface area contributed by atoms with Crippen molar-refractivity contribution < 1.29 is 14.0 Å². The van der Waals surface area contributed by atoms with Gasteiger partial charge in [-0.3, -0.25) is 9.59 Å². The summed E-state index contributed by atoms with van der Waals surface area (Å²) in [6.07, 6.45) is 0. The molecule has 136 valence electrons. The van der Waals surface area contributed by atoms with Crippen LogP contribution in [0.1, 0.15) is 21.5 Å². The quantitative estimate of drug-likeness (QED) is 0.777. The summed E-state index contributed by atoms with van der Waals surface area (Å²) >= 11 is 4.58. The third kappa shape index (κ3) is 3.94. The van der Waals surface area contributed by atoms with E-state index >= 15 is 0 Å². The number of halogens is 2. The van der Waals surface area contributed by atoms with Crippen molar-refractivity contribution in [1.29, 1.82) is 0 Å². The second kappa shape index (κ2) is 7.80. The molecule has 0 aromatic heterocycles. The SMILES string of the molecule is Cc1ccc(NC(=O)C2CSCN2C(=O)c2ccc(Br)c(F)c2)cc1C. The minimum Gasteiger partial charge on any atom is -0.324 e. The van der Waals surface area contributed by atoms with Crippen molar-refractivity contribution in [1.82, 2.24) is 4.90 Å². The van der Waals surface area contributed by atoms with E-state index in [0.717, 1.165) is 11.1 Å². The van der Waals surface area contributed by atoms with Gasteiger partial charge in [0.05, 0.1) is 10.3 Å². The number of hydrogen-bond donors (Lipinski definition) is 1. The standard InChI is InChI=1S/C19H18BrFN2O2S/c1-11-3-5-14(7-12(11)2)22-18(24)17-9-26-10-23(17)19(25)13-4-6-15(20)16(21)8-13/h3-8,17H,9-10H2,1-2H3,(H,22,24). The minimum absolute atomic E-state index is 0.232. The Balaban J connectivity index is 1.76. The van der Waals surface area contributed by atoms with E-state index in [0.29, 0.717) is 21.8 Å². The highest BCUT2D eigenvalue weighted by atomic mass is 79.9. The largest absolute Gasteiger partial charge is 0.324 e. The van der Waals surface area contributed by atoms with Gasteiger partial charge >= 0.3 is 0 Å². The lowest BCUT2D eigenvalue weighted by molar-refractivity contribution is -0.119. The van der Waals surface area contributed by atoms with Crippen LogP contribution in [0.3, 0.4) is 0 Å². The molecule has 7 heteroatoms.